The number of carbonyl (C=O) groups excluding carboxylic acids is 1. The number of amides is 1. The molecule has 1 heterocycles. The normalized spacial score (nSPS) is 15.3. The van der Waals surface area contributed by atoms with Gasteiger partial charge in [-0.05, 0) is 81.7 Å². The Bertz CT molecular complexity index is 969. The molecule has 1 saturated heterocycles. The maximum absolute atomic E-state index is 12.9. The van der Waals surface area contributed by atoms with Crippen molar-refractivity contribution < 1.29 is 13.2 Å². The van der Waals surface area contributed by atoms with E-state index >= 15 is 0 Å². The molecule has 7 heteroatoms. The van der Waals surface area contributed by atoms with E-state index in [1.54, 1.807) is 48.5 Å². The average molecular weight is 444 g/mol. The van der Waals surface area contributed by atoms with Gasteiger partial charge >= 0.3 is 0 Å². The Balaban J connectivity index is 1.57. The molecule has 1 aliphatic heterocycles. The molecule has 1 N–H and O–H groups in total. The molecule has 1 amide bonds. The Labute approximate surface area is 186 Å². The Morgan fingerprint density at radius 3 is 2.35 bits per heavy atom. The largest absolute Gasteiger partial charge is 0.352 e. The average Bonchev–Trinajstić information content (AvgIpc) is 3.05. The molecular weight excluding hydrogens is 410 g/mol. The lowest BCUT2D eigenvalue weighted by Gasteiger charge is -2.22. The molecule has 31 heavy (non-hydrogen) atoms. The van der Waals surface area contributed by atoms with Crippen LogP contribution < -0.4 is 9.62 Å². The summed E-state index contributed by atoms with van der Waals surface area (Å²) >= 11 is 0. The van der Waals surface area contributed by atoms with Crippen molar-refractivity contribution in [3.63, 3.8) is 0 Å². The standard InChI is InChI=1S/C24H33N3O3S/c1-20-19-21(24(28)25-15-10-18-27-16-8-3-4-9-17-27)13-14-23(20)26(2)31(29,30)22-11-6-5-7-12-22/h5-7,11-14,19H,3-4,8-10,15-18H2,1-2H3,(H,25,28). The molecule has 0 atom stereocenters. The number of benzene rings is 2. The molecule has 0 unspecified atom stereocenters. The molecule has 3 rings (SSSR count). The van der Waals surface area contributed by atoms with E-state index in [2.05, 4.69) is 10.2 Å². The van der Waals surface area contributed by atoms with Crippen molar-refractivity contribution in [3.05, 3.63) is 59.7 Å². The summed E-state index contributed by atoms with van der Waals surface area (Å²) in [6.07, 6.45) is 6.12. The summed E-state index contributed by atoms with van der Waals surface area (Å²) in [6.45, 7) is 5.79. The molecule has 0 bridgehead atoms. The fraction of sp³-hybridized carbons (Fsp3) is 0.458. The molecule has 0 saturated carbocycles. The predicted octanol–water partition coefficient (Wildman–Crippen LogP) is 3.82. The molecule has 1 fully saturated rings. The summed E-state index contributed by atoms with van der Waals surface area (Å²) < 4.78 is 27.0. The fourth-order valence-corrected chi connectivity index (χ4v) is 5.28. The van der Waals surface area contributed by atoms with Crippen LogP contribution in [-0.4, -0.2) is 52.5 Å². The van der Waals surface area contributed by atoms with Gasteiger partial charge in [-0.1, -0.05) is 31.0 Å². The third kappa shape index (κ3) is 6.08. The van der Waals surface area contributed by atoms with E-state index in [1.807, 2.05) is 6.92 Å². The van der Waals surface area contributed by atoms with Crippen LogP contribution in [0, 0.1) is 6.92 Å². The number of carbonyl (C=O) groups is 1. The monoisotopic (exact) mass is 443 g/mol. The Morgan fingerprint density at radius 1 is 1.03 bits per heavy atom. The summed E-state index contributed by atoms with van der Waals surface area (Å²) in [5.74, 6) is -0.126. The summed E-state index contributed by atoms with van der Waals surface area (Å²) in [4.78, 5) is 15.3. The van der Waals surface area contributed by atoms with Crippen LogP contribution in [0.4, 0.5) is 5.69 Å². The van der Waals surface area contributed by atoms with Gasteiger partial charge in [-0.15, -0.1) is 0 Å². The van der Waals surface area contributed by atoms with E-state index in [9.17, 15) is 13.2 Å². The molecular formula is C24H33N3O3S. The third-order valence-electron chi connectivity index (χ3n) is 5.84. The van der Waals surface area contributed by atoms with Crippen molar-refractivity contribution >= 4 is 21.6 Å². The number of anilines is 1. The molecule has 168 valence electrons. The third-order valence-corrected chi connectivity index (χ3v) is 7.62. The van der Waals surface area contributed by atoms with Gasteiger partial charge in [0.15, 0.2) is 0 Å². The van der Waals surface area contributed by atoms with Crippen LogP contribution in [-0.2, 0) is 10.0 Å². The zero-order valence-corrected chi connectivity index (χ0v) is 19.3. The molecule has 2 aromatic rings. The highest BCUT2D eigenvalue weighted by atomic mass is 32.2. The molecule has 0 spiro atoms. The minimum Gasteiger partial charge on any atom is -0.352 e. The first-order valence-electron chi connectivity index (χ1n) is 11.0. The van der Waals surface area contributed by atoms with Gasteiger partial charge in [-0.25, -0.2) is 8.42 Å². The highest BCUT2D eigenvalue weighted by Gasteiger charge is 2.22. The van der Waals surface area contributed by atoms with Crippen LogP contribution in [0.5, 0.6) is 0 Å². The number of hydrogen-bond donors (Lipinski definition) is 1. The summed E-state index contributed by atoms with van der Waals surface area (Å²) in [5.41, 5.74) is 1.84. The van der Waals surface area contributed by atoms with Gasteiger partial charge in [0.25, 0.3) is 15.9 Å². The number of aryl methyl sites for hydroxylation is 1. The Hall–Kier alpha value is -2.38. The van der Waals surface area contributed by atoms with E-state index in [1.165, 1.54) is 37.0 Å². The van der Waals surface area contributed by atoms with Gasteiger partial charge in [-0.3, -0.25) is 9.10 Å². The Kier molecular flexibility index (Phi) is 8.09. The van der Waals surface area contributed by atoms with Crippen LogP contribution in [0.3, 0.4) is 0 Å². The SMILES string of the molecule is Cc1cc(C(=O)NCCCN2CCCCCC2)ccc1N(C)S(=O)(=O)c1ccccc1. The first-order chi connectivity index (χ1) is 14.9. The second-order valence-corrected chi connectivity index (χ2v) is 10.1. The predicted molar refractivity (Wildman–Crippen MR) is 125 cm³/mol. The molecule has 0 radical (unpaired) electrons. The van der Waals surface area contributed by atoms with E-state index < -0.39 is 10.0 Å². The zero-order valence-electron chi connectivity index (χ0n) is 18.5. The van der Waals surface area contributed by atoms with Gasteiger partial charge in [0.1, 0.15) is 0 Å². The summed E-state index contributed by atoms with van der Waals surface area (Å²) in [5, 5.41) is 2.99. The van der Waals surface area contributed by atoms with Crippen LogP contribution in [0.2, 0.25) is 0 Å². The number of hydrogen-bond acceptors (Lipinski definition) is 4. The van der Waals surface area contributed by atoms with Crippen LogP contribution in [0.25, 0.3) is 0 Å². The molecule has 0 aliphatic carbocycles. The smallest absolute Gasteiger partial charge is 0.264 e. The molecule has 0 aromatic heterocycles. The number of nitrogens with one attached hydrogen (secondary N) is 1. The van der Waals surface area contributed by atoms with Crippen LogP contribution in [0.1, 0.15) is 48.0 Å². The van der Waals surface area contributed by atoms with E-state index in [-0.39, 0.29) is 10.8 Å². The topological polar surface area (TPSA) is 69.7 Å². The number of nitrogens with zero attached hydrogens (tertiary/aromatic N) is 2. The quantitative estimate of drug-likeness (QED) is 0.630. The first-order valence-corrected chi connectivity index (χ1v) is 12.5. The summed E-state index contributed by atoms with van der Waals surface area (Å²) in [6, 6.07) is 13.5. The molecule has 2 aromatic carbocycles. The van der Waals surface area contributed by atoms with Gasteiger partial charge in [0.2, 0.25) is 0 Å². The lowest BCUT2D eigenvalue weighted by atomic mass is 10.1. The maximum Gasteiger partial charge on any atom is 0.264 e. The van der Waals surface area contributed by atoms with Gasteiger partial charge in [-0.2, -0.15) is 0 Å². The number of likely N-dealkylation sites (tertiary alicyclic amines) is 1. The van der Waals surface area contributed by atoms with E-state index in [0.29, 0.717) is 17.8 Å². The van der Waals surface area contributed by atoms with Crippen molar-refractivity contribution in [3.8, 4) is 0 Å². The lowest BCUT2D eigenvalue weighted by Crippen LogP contribution is -2.31. The van der Waals surface area contributed by atoms with Gasteiger partial charge in [0.05, 0.1) is 10.6 Å². The van der Waals surface area contributed by atoms with Gasteiger partial charge < -0.3 is 10.2 Å². The summed E-state index contributed by atoms with van der Waals surface area (Å²) in [7, 11) is -2.12. The Morgan fingerprint density at radius 2 is 1.71 bits per heavy atom. The van der Waals surface area contributed by atoms with E-state index in [4.69, 9.17) is 0 Å². The van der Waals surface area contributed by atoms with Crippen LogP contribution in [0.15, 0.2) is 53.4 Å². The number of sulfonamides is 1. The fourth-order valence-electron chi connectivity index (χ4n) is 4.00. The lowest BCUT2D eigenvalue weighted by molar-refractivity contribution is 0.0951. The first kappa shape index (κ1) is 23.3. The zero-order chi connectivity index (χ0) is 22.3. The van der Waals surface area contributed by atoms with Crippen LogP contribution >= 0.6 is 0 Å². The molecule has 6 nitrogen and oxygen atoms in total. The highest BCUT2D eigenvalue weighted by Crippen LogP contribution is 2.26. The molecule has 1 aliphatic rings. The highest BCUT2D eigenvalue weighted by molar-refractivity contribution is 7.92. The van der Waals surface area contributed by atoms with Gasteiger partial charge in [0, 0.05) is 19.2 Å². The minimum absolute atomic E-state index is 0.126. The second kappa shape index (κ2) is 10.8. The number of rotatable bonds is 8. The maximum atomic E-state index is 12.9. The van der Waals surface area contributed by atoms with E-state index in [0.717, 1.165) is 31.6 Å². The van der Waals surface area contributed by atoms with Crippen molar-refractivity contribution in [1.82, 2.24) is 10.2 Å². The van der Waals surface area contributed by atoms with Crippen molar-refractivity contribution in [2.24, 2.45) is 0 Å². The second-order valence-electron chi connectivity index (χ2n) is 8.15. The van der Waals surface area contributed by atoms with Crippen molar-refractivity contribution in [2.45, 2.75) is 43.9 Å². The minimum atomic E-state index is -3.65. The van der Waals surface area contributed by atoms with Crippen molar-refractivity contribution in [1.29, 1.82) is 0 Å². The van der Waals surface area contributed by atoms with Crippen molar-refractivity contribution in [2.75, 3.05) is 37.5 Å².